The molecule has 1 aromatic heterocycles. The van der Waals surface area contributed by atoms with Gasteiger partial charge in [-0.2, -0.15) is 0 Å². The predicted molar refractivity (Wildman–Crippen MR) is 68.6 cm³/mol. The van der Waals surface area contributed by atoms with Crippen molar-refractivity contribution in [3.63, 3.8) is 0 Å². The summed E-state index contributed by atoms with van der Waals surface area (Å²) in [6.07, 6.45) is 8.15. The first kappa shape index (κ1) is 12.6. The standard InChI is InChI=1S/C12H16ClNS/c1-4-5-6-7-10(14-3)12-11(13)9(2)8-15-12/h1,8,10,14H,5-7H2,2-3H3. The highest BCUT2D eigenvalue weighted by molar-refractivity contribution is 7.10. The van der Waals surface area contributed by atoms with E-state index in [0.717, 1.165) is 29.8 Å². The van der Waals surface area contributed by atoms with Crippen LogP contribution in [0.2, 0.25) is 5.02 Å². The van der Waals surface area contributed by atoms with E-state index < -0.39 is 0 Å². The molecular weight excluding hydrogens is 226 g/mol. The highest BCUT2D eigenvalue weighted by Gasteiger charge is 2.15. The van der Waals surface area contributed by atoms with Crippen molar-refractivity contribution in [2.24, 2.45) is 0 Å². The Labute approximate surface area is 101 Å². The van der Waals surface area contributed by atoms with Crippen LogP contribution in [-0.2, 0) is 0 Å². The molecule has 1 N–H and O–H groups in total. The van der Waals surface area contributed by atoms with Crippen LogP contribution < -0.4 is 5.32 Å². The van der Waals surface area contributed by atoms with Gasteiger partial charge in [-0.1, -0.05) is 11.6 Å². The van der Waals surface area contributed by atoms with E-state index >= 15 is 0 Å². The third-order valence-electron chi connectivity index (χ3n) is 2.40. The molecule has 82 valence electrons. The minimum absolute atomic E-state index is 0.338. The number of nitrogens with one attached hydrogen (secondary N) is 1. The van der Waals surface area contributed by atoms with E-state index in [1.807, 2.05) is 14.0 Å². The third kappa shape index (κ3) is 3.24. The molecule has 0 aromatic carbocycles. The largest absolute Gasteiger partial charge is 0.312 e. The quantitative estimate of drug-likeness (QED) is 0.611. The van der Waals surface area contributed by atoms with Crippen LogP contribution in [0.15, 0.2) is 5.38 Å². The number of unbranched alkanes of at least 4 members (excludes halogenated alkanes) is 1. The van der Waals surface area contributed by atoms with E-state index in [0.29, 0.717) is 6.04 Å². The lowest BCUT2D eigenvalue weighted by Gasteiger charge is -2.14. The van der Waals surface area contributed by atoms with Gasteiger partial charge < -0.3 is 5.32 Å². The Morgan fingerprint density at radius 1 is 1.67 bits per heavy atom. The average Bonchev–Trinajstić information content (AvgIpc) is 2.56. The zero-order valence-electron chi connectivity index (χ0n) is 9.14. The molecule has 0 aliphatic carbocycles. The SMILES string of the molecule is C#CCCCC(NC)c1scc(C)c1Cl. The van der Waals surface area contributed by atoms with Crippen LogP contribution in [-0.4, -0.2) is 7.05 Å². The molecule has 1 aromatic rings. The Hall–Kier alpha value is -0.490. The van der Waals surface area contributed by atoms with E-state index in [1.165, 1.54) is 4.88 Å². The molecule has 1 atom stereocenters. The Kier molecular flexibility index (Phi) is 5.17. The van der Waals surface area contributed by atoms with Crippen LogP contribution in [0.3, 0.4) is 0 Å². The van der Waals surface area contributed by atoms with Crippen molar-refractivity contribution < 1.29 is 0 Å². The molecule has 0 radical (unpaired) electrons. The van der Waals surface area contributed by atoms with Crippen LogP contribution in [0, 0.1) is 19.3 Å². The second-order valence-corrected chi connectivity index (χ2v) is 4.82. The fourth-order valence-corrected chi connectivity index (χ4v) is 2.97. The van der Waals surface area contributed by atoms with Gasteiger partial charge >= 0.3 is 0 Å². The molecule has 15 heavy (non-hydrogen) atoms. The summed E-state index contributed by atoms with van der Waals surface area (Å²) in [5.74, 6) is 2.66. The Morgan fingerprint density at radius 3 is 2.87 bits per heavy atom. The van der Waals surface area contributed by atoms with Crippen molar-refractivity contribution in [3.8, 4) is 12.3 Å². The van der Waals surface area contributed by atoms with Crippen molar-refractivity contribution in [3.05, 3.63) is 20.8 Å². The van der Waals surface area contributed by atoms with Gasteiger partial charge in [0.05, 0.1) is 5.02 Å². The molecule has 3 heteroatoms. The topological polar surface area (TPSA) is 12.0 Å². The predicted octanol–water partition coefficient (Wildman–Crippen LogP) is 3.77. The molecule has 1 rings (SSSR count). The van der Waals surface area contributed by atoms with Crippen molar-refractivity contribution in [2.75, 3.05) is 7.05 Å². The molecule has 0 saturated carbocycles. The number of terminal acetylenes is 1. The van der Waals surface area contributed by atoms with Crippen molar-refractivity contribution in [2.45, 2.75) is 32.2 Å². The van der Waals surface area contributed by atoms with Gasteiger partial charge in [0, 0.05) is 17.3 Å². The highest BCUT2D eigenvalue weighted by Crippen LogP contribution is 2.34. The van der Waals surface area contributed by atoms with Crippen molar-refractivity contribution in [1.82, 2.24) is 5.32 Å². The smallest absolute Gasteiger partial charge is 0.0590 e. The minimum Gasteiger partial charge on any atom is -0.312 e. The lowest BCUT2D eigenvalue weighted by atomic mass is 10.1. The van der Waals surface area contributed by atoms with E-state index in [-0.39, 0.29) is 0 Å². The Morgan fingerprint density at radius 2 is 2.40 bits per heavy atom. The fraction of sp³-hybridized carbons (Fsp3) is 0.500. The first-order valence-corrected chi connectivity index (χ1v) is 6.30. The van der Waals surface area contributed by atoms with Crippen LogP contribution in [0.1, 0.15) is 35.7 Å². The van der Waals surface area contributed by atoms with Crippen LogP contribution >= 0.6 is 22.9 Å². The zero-order chi connectivity index (χ0) is 11.3. The summed E-state index contributed by atoms with van der Waals surface area (Å²) in [5.41, 5.74) is 1.16. The second kappa shape index (κ2) is 6.17. The number of rotatable bonds is 5. The van der Waals surface area contributed by atoms with Gasteiger partial charge in [-0.3, -0.25) is 0 Å². The first-order valence-electron chi connectivity index (χ1n) is 5.05. The molecule has 0 aliphatic heterocycles. The minimum atomic E-state index is 0.338. The van der Waals surface area contributed by atoms with Crippen LogP contribution in [0.4, 0.5) is 0 Å². The van der Waals surface area contributed by atoms with Gasteiger partial charge in [0.15, 0.2) is 0 Å². The molecule has 0 spiro atoms. The highest BCUT2D eigenvalue weighted by atomic mass is 35.5. The lowest BCUT2D eigenvalue weighted by Crippen LogP contribution is -2.15. The molecule has 1 heterocycles. The number of hydrogen-bond acceptors (Lipinski definition) is 2. The molecule has 0 fully saturated rings. The van der Waals surface area contributed by atoms with E-state index in [9.17, 15) is 0 Å². The maximum absolute atomic E-state index is 6.23. The van der Waals surface area contributed by atoms with E-state index in [2.05, 4.69) is 16.6 Å². The number of aryl methyl sites for hydroxylation is 1. The summed E-state index contributed by atoms with van der Waals surface area (Å²) in [6.45, 7) is 2.04. The average molecular weight is 242 g/mol. The monoisotopic (exact) mass is 241 g/mol. The van der Waals surface area contributed by atoms with Crippen molar-refractivity contribution >= 4 is 22.9 Å². The summed E-state index contributed by atoms with van der Waals surface area (Å²) in [5, 5.41) is 6.29. The molecule has 1 nitrogen and oxygen atoms in total. The van der Waals surface area contributed by atoms with Gasteiger partial charge in [-0.25, -0.2) is 0 Å². The number of thiophene rings is 1. The van der Waals surface area contributed by atoms with Gasteiger partial charge in [0.25, 0.3) is 0 Å². The zero-order valence-corrected chi connectivity index (χ0v) is 10.7. The normalized spacial score (nSPS) is 12.4. The number of hydrogen-bond donors (Lipinski definition) is 1. The third-order valence-corrected chi connectivity index (χ3v) is 4.23. The van der Waals surface area contributed by atoms with Gasteiger partial charge in [0.2, 0.25) is 0 Å². The van der Waals surface area contributed by atoms with Gasteiger partial charge in [0.1, 0.15) is 0 Å². The van der Waals surface area contributed by atoms with Crippen molar-refractivity contribution in [1.29, 1.82) is 0 Å². The lowest BCUT2D eigenvalue weighted by molar-refractivity contribution is 0.540. The fourth-order valence-electron chi connectivity index (χ4n) is 1.50. The molecule has 0 amide bonds. The summed E-state index contributed by atoms with van der Waals surface area (Å²) in [7, 11) is 1.96. The summed E-state index contributed by atoms with van der Waals surface area (Å²) in [6, 6.07) is 0.338. The summed E-state index contributed by atoms with van der Waals surface area (Å²) >= 11 is 7.95. The van der Waals surface area contributed by atoms with Gasteiger partial charge in [-0.05, 0) is 37.8 Å². The van der Waals surface area contributed by atoms with Gasteiger partial charge in [-0.15, -0.1) is 23.7 Å². The van der Waals surface area contributed by atoms with E-state index in [4.69, 9.17) is 18.0 Å². The maximum Gasteiger partial charge on any atom is 0.0590 e. The molecule has 0 aliphatic rings. The Balaban J connectivity index is 2.66. The molecular formula is C12H16ClNS. The number of halogens is 1. The first-order chi connectivity index (χ1) is 7.20. The van der Waals surface area contributed by atoms with E-state index in [1.54, 1.807) is 11.3 Å². The maximum atomic E-state index is 6.23. The molecule has 0 bridgehead atoms. The molecule has 0 saturated heterocycles. The summed E-state index contributed by atoms with van der Waals surface area (Å²) in [4.78, 5) is 1.23. The van der Waals surface area contributed by atoms with Crippen LogP contribution in [0.25, 0.3) is 0 Å². The Bertz CT molecular complexity index is 351. The molecule has 1 unspecified atom stereocenters. The second-order valence-electron chi connectivity index (χ2n) is 3.53. The summed E-state index contributed by atoms with van der Waals surface area (Å²) < 4.78 is 0. The van der Waals surface area contributed by atoms with Crippen LogP contribution in [0.5, 0.6) is 0 Å².